The fourth-order valence-electron chi connectivity index (χ4n) is 1.05. The predicted molar refractivity (Wildman–Crippen MR) is 54.4 cm³/mol. The number of nitrogens with one attached hydrogen (secondary N) is 1. The van der Waals surface area contributed by atoms with Crippen molar-refractivity contribution in [1.82, 2.24) is 0 Å². The molecule has 0 aliphatic rings. The molecular formula is C11H11NO2. The van der Waals surface area contributed by atoms with Gasteiger partial charge in [0.15, 0.2) is 0 Å². The molecule has 1 amide bonds. The zero-order valence-electron chi connectivity index (χ0n) is 7.87. The Morgan fingerprint density at radius 2 is 2.21 bits per heavy atom. The molecule has 0 bridgehead atoms. The van der Waals surface area contributed by atoms with Crippen molar-refractivity contribution in [2.45, 2.75) is 13.5 Å². The molecule has 2 N–H and O–H groups in total. The normalized spacial score (nSPS) is 8.71. The fourth-order valence-corrected chi connectivity index (χ4v) is 1.05. The number of para-hydroxylation sites is 1. The van der Waals surface area contributed by atoms with Gasteiger partial charge in [0.05, 0.1) is 6.61 Å². The standard InChI is InChI=1S/C11H11NO2/c1-2-5-11(14)12-10-7-4-3-6-9(10)8-13/h3-4,6-7,13H,8H2,1H3,(H,12,14). The van der Waals surface area contributed by atoms with Crippen molar-refractivity contribution in [2.24, 2.45) is 0 Å². The minimum atomic E-state index is -0.367. The lowest BCUT2D eigenvalue weighted by molar-refractivity contribution is -0.111. The Kier molecular flexibility index (Phi) is 3.71. The first-order chi connectivity index (χ1) is 6.77. The SMILES string of the molecule is CC#CC(=O)Nc1ccccc1CO. The van der Waals surface area contributed by atoms with E-state index in [1.807, 2.05) is 0 Å². The number of rotatable bonds is 2. The molecule has 0 radical (unpaired) electrons. The van der Waals surface area contributed by atoms with Crippen LogP contribution in [0.15, 0.2) is 24.3 Å². The van der Waals surface area contributed by atoms with E-state index in [4.69, 9.17) is 5.11 Å². The van der Waals surface area contributed by atoms with Gasteiger partial charge in [0.1, 0.15) is 0 Å². The summed E-state index contributed by atoms with van der Waals surface area (Å²) < 4.78 is 0. The van der Waals surface area contributed by atoms with E-state index < -0.39 is 0 Å². The number of hydrogen-bond acceptors (Lipinski definition) is 2. The molecule has 3 nitrogen and oxygen atoms in total. The molecule has 0 saturated heterocycles. The first-order valence-corrected chi connectivity index (χ1v) is 4.20. The summed E-state index contributed by atoms with van der Waals surface area (Å²) in [5, 5.41) is 11.6. The second-order valence-corrected chi connectivity index (χ2v) is 2.64. The molecule has 1 aromatic carbocycles. The average Bonchev–Trinajstić information content (AvgIpc) is 2.19. The molecule has 0 atom stereocenters. The van der Waals surface area contributed by atoms with Crippen molar-refractivity contribution >= 4 is 11.6 Å². The summed E-state index contributed by atoms with van der Waals surface area (Å²) in [5.41, 5.74) is 1.28. The number of aliphatic hydroxyl groups is 1. The van der Waals surface area contributed by atoms with Crippen molar-refractivity contribution < 1.29 is 9.90 Å². The average molecular weight is 189 g/mol. The molecule has 14 heavy (non-hydrogen) atoms. The van der Waals surface area contributed by atoms with Crippen LogP contribution in [0.3, 0.4) is 0 Å². The third kappa shape index (κ3) is 2.61. The molecule has 0 aromatic heterocycles. The van der Waals surface area contributed by atoms with E-state index in [1.165, 1.54) is 0 Å². The number of aliphatic hydroxyl groups excluding tert-OH is 1. The van der Waals surface area contributed by atoms with E-state index in [1.54, 1.807) is 31.2 Å². The Balaban J connectivity index is 2.83. The summed E-state index contributed by atoms with van der Waals surface area (Å²) in [5.74, 6) is 4.50. The maximum atomic E-state index is 11.1. The molecule has 0 unspecified atom stereocenters. The minimum Gasteiger partial charge on any atom is -0.392 e. The molecule has 0 saturated carbocycles. The van der Waals surface area contributed by atoms with Gasteiger partial charge in [-0.05, 0) is 18.9 Å². The van der Waals surface area contributed by atoms with Crippen molar-refractivity contribution in [2.75, 3.05) is 5.32 Å². The van der Waals surface area contributed by atoms with Crippen LogP contribution in [0.1, 0.15) is 12.5 Å². The smallest absolute Gasteiger partial charge is 0.300 e. The van der Waals surface area contributed by atoms with E-state index in [0.717, 1.165) is 0 Å². The van der Waals surface area contributed by atoms with Gasteiger partial charge >= 0.3 is 0 Å². The van der Waals surface area contributed by atoms with Crippen molar-refractivity contribution in [3.05, 3.63) is 29.8 Å². The second-order valence-electron chi connectivity index (χ2n) is 2.64. The zero-order chi connectivity index (χ0) is 10.4. The summed E-state index contributed by atoms with van der Waals surface area (Å²) in [6.07, 6.45) is 0. The maximum absolute atomic E-state index is 11.1. The van der Waals surface area contributed by atoms with Gasteiger partial charge in [-0.25, -0.2) is 0 Å². The molecule has 72 valence electrons. The van der Waals surface area contributed by atoms with E-state index in [2.05, 4.69) is 17.2 Å². The third-order valence-corrected chi connectivity index (χ3v) is 1.67. The minimum absolute atomic E-state index is 0.101. The lowest BCUT2D eigenvalue weighted by Crippen LogP contribution is -2.10. The zero-order valence-corrected chi connectivity index (χ0v) is 7.87. The highest BCUT2D eigenvalue weighted by molar-refractivity contribution is 6.04. The number of amides is 1. The fraction of sp³-hybridized carbons (Fsp3) is 0.182. The second kappa shape index (κ2) is 5.05. The largest absolute Gasteiger partial charge is 0.392 e. The van der Waals surface area contributed by atoms with Gasteiger partial charge in [-0.15, -0.1) is 0 Å². The Morgan fingerprint density at radius 3 is 2.86 bits per heavy atom. The Hall–Kier alpha value is -1.79. The lowest BCUT2D eigenvalue weighted by Gasteiger charge is -2.05. The van der Waals surface area contributed by atoms with Crippen LogP contribution >= 0.6 is 0 Å². The van der Waals surface area contributed by atoms with Crippen LogP contribution in [0.2, 0.25) is 0 Å². The number of carbonyl (C=O) groups is 1. The van der Waals surface area contributed by atoms with E-state index in [0.29, 0.717) is 11.3 Å². The van der Waals surface area contributed by atoms with Crippen molar-refractivity contribution in [3.63, 3.8) is 0 Å². The van der Waals surface area contributed by atoms with Crippen LogP contribution in [0.25, 0.3) is 0 Å². The lowest BCUT2D eigenvalue weighted by atomic mass is 10.2. The van der Waals surface area contributed by atoms with Gasteiger partial charge in [0, 0.05) is 11.3 Å². The molecular weight excluding hydrogens is 178 g/mol. The van der Waals surface area contributed by atoms with Gasteiger partial charge < -0.3 is 10.4 Å². The predicted octanol–water partition coefficient (Wildman–Crippen LogP) is 1.14. The van der Waals surface area contributed by atoms with Crippen molar-refractivity contribution in [3.8, 4) is 11.8 Å². The molecule has 0 aliphatic heterocycles. The molecule has 0 spiro atoms. The quantitative estimate of drug-likeness (QED) is 0.685. The van der Waals surface area contributed by atoms with Crippen LogP contribution in [0, 0.1) is 11.8 Å². The number of anilines is 1. The topological polar surface area (TPSA) is 49.3 Å². The molecule has 3 heteroatoms. The van der Waals surface area contributed by atoms with E-state index in [9.17, 15) is 4.79 Å². The highest BCUT2D eigenvalue weighted by Crippen LogP contribution is 2.14. The highest BCUT2D eigenvalue weighted by atomic mass is 16.3. The molecule has 1 aromatic rings. The van der Waals surface area contributed by atoms with Crippen LogP contribution in [-0.2, 0) is 11.4 Å². The van der Waals surface area contributed by atoms with E-state index >= 15 is 0 Å². The van der Waals surface area contributed by atoms with Gasteiger partial charge in [0.25, 0.3) is 5.91 Å². The summed E-state index contributed by atoms with van der Waals surface area (Å²) in [6, 6.07) is 7.05. The summed E-state index contributed by atoms with van der Waals surface area (Å²) in [4.78, 5) is 11.1. The molecule has 0 heterocycles. The Labute approximate surface area is 82.8 Å². The highest BCUT2D eigenvalue weighted by Gasteiger charge is 2.02. The van der Waals surface area contributed by atoms with Gasteiger partial charge in [-0.2, -0.15) is 0 Å². The Bertz CT molecular complexity index is 388. The van der Waals surface area contributed by atoms with Crippen LogP contribution in [0.4, 0.5) is 5.69 Å². The van der Waals surface area contributed by atoms with Crippen LogP contribution in [0.5, 0.6) is 0 Å². The number of hydrogen-bond donors (Lipinski definition) is 2. The molecule has 1 rings (SSSR count). The molecule has 0 aliphatic carbocycles. The summed E-state index contributed by atoms with van der Waals surface area (Å²) in [7, 11) is 0. The first-order valence-electron chi connectivity index (χ1n) is 4.20. The van der Waals surface area contributed by atoms with Gasteiger partial charge in [-0.3, -0.25) is 4.79 Å². The molecule has 0 fully saturated rings. The summed E-state index contributed by atoms with van der Waals surface area (Å²) in [6.45, 7) is 1.49. The monoisotopic (exact) mass is 189 g/mol. The van der Waals surface area contributed by atoms with Gasteiger partial charge in [-0.1, -0.05) is 24.1 Å². The summed E-state index contributed by atoms with van der Waals surface area (Å²) >= 11 is 0. The van der Waals surface area contributed by atoms with Crippen molar-refractivity contribution in [1.29, 1.82) is 0 Å². The van der Waals surface area contributed by atoms with E-state index in [-0.39, 0.29) is 12.5 Å². The number of carbonyl (C=O) groups excluding carboxylic acids is 1. The van der Waals surface area contributed by atoms with Crippen LogP contribution in [-0.4, -0.2) is 11.0 Å². The first kappa shape index (κ1) is 10.3. The number of benzene rings is 1. The van der Waals surface area contributed by atoms with Crippen LogP contribution < -0.4 is 5.32 Å². The third-order valence-electron chi connectivity index (χ3n) is 1.67. The Morgan fingerprint density at radius 1 is 1.50 bits per heavy atom. The maximum Gasteiger partial charge on any atom is 0.300 e. The van der Waals surface area contributed by atoms with Gasteiger partial charge in [0.2, 0.25) is 0 Å².